The van der Waals surface area contributed by atoms with E-state index in [2.05, 4.69) is 15.9 Å². The first kappa shape index (κ1) is 12.5. The minimum atomic E-state index is -0.505. The summed E-state index contributed by atoms with van der Waals surface area (Å²) in [4.78, 5) is 24.5. The molecule has 1 unspecified atom stereocenters. The number of carbonyl (C=O) groups excluding carboxylic acids is 2. The van der Waals surface area contributed by atoms with Crippen LogP contribution in [0, 0.1) is 0 Å². The van der Waals surface area contributed by atoms with Crippen molar-refractivity contribution in [2.45, 2.75) is 38.8 Å². The van der Waals surface area contributed by atoms with E-state index in [4.69, 9.17) is 4.74 Å². The molecule has 1 rings (SSSR count). The van der Waals surface area contributed by atoms with Crippen molar-refractivity contribution >= 4 is 27.8 Å². The van der Waals surface area contributed by atoms with Gasteiger partial charge in [-0.15, -0.1) is 0 Å². The number of ether oxygens (including phenoxy) is 1. The van der Waals surface area contributed by atoms with E-state index in [0.29, 0.717) is 6.54 Å². The lowest BCUT2D eigenvalue weighted by molar-refractivity contribution is -0.125. The summed E-state index contributed by atoms with van der Waals surface area (Å²) in [6, 6.07) is -0.292. The number of likely N-dealkylation sites (tertiary alicyclic amines) is 1. The van der Waals surface area contributed by atoms with Crippen LogP contribution >= 0.6 is 15.9 Å². The van der Waals surface area contributed by atoms with Crippen LogP contribution in [0.4, 0.5) is 4.79 Å². The van der Waals surface area contributed by atoms with Crippen LogP contribution in [-0.4, -0.2) is 40.3 Å². The summed E-state index contributed by atoms with van der Waals surface area (Å²) < 4.78 is 5.19. The summed E-state index contributed by atoms with van der Waals surface area (Å²) >= 11 is 3.10. The lowest BCUT2D eigenvalue weighted by Gasteiger charge is -2.40. The molecule has 1 amide bonds. The molecule has 0 aromatic heterocycles. The lowest BCUT2D eigenvalue weighted by atomic mass is 10.0. The summed E-state index contributed by atoms with van der Waals surface area (Å²) in [6.07, 6.45) is 0.344. The zero-order valence-corrected chi connectivity index (χ0v) is 10.8. The Kier molecular flexibility index (Phi) is 3.76. The van der Waals surface area contributed by atoms with E-state index in [1.165, 1.54) is 4.90 Å². The minimum Gasteiger partial charge on any atom is -0.444 e. The molecule has 0 aromatic rings. The molecule has 0 aliphatic carbocycles. The van der Waals surface area contributed by atoms with Gasteiger partial charge in [-0.05, 0) is 27.2 Å². The van der Waals surface area contributed by atoms with Crippen LogP contribution in [0.5, 0.6) is 0 Å². The lowest BCUT2D eigenvalue weighted by Crippen LogP contribution is -2.56. The number of alkyl halides is 1. The Morgan fingerprint density at radius 3 is 2.40 bits per heavy atom. The molecular weight excluding hydrogens is 262 g/mol. The molecule has 1 saturated heterocycles. The average molecular weight is 278 g/mol. The second-order valence-corrected chi connectivity index (χ2v) is 5.14. The number of hydrogen-bond donors (Lipinski definition) is 0. The first-order valence-corrected chi connectivity index (χ1v) is 6.05. The van der Waals surface area contributed by atoms with Crippen molar-refractivity contribution in [3.8, 4) is 0 Å². The molecule has 0 saturated carbocycles. The van der Waals surface area contributed by atoms with Gasteiger partial charge >= 0.3 is 6.09 Å². The van der Waals surface area contributed by atoms with E-state index in [9.17, 15) is 9.59 Å². The molecule has 0 aromatic carbocycles. The Morgan fingerprint density at radius 2 is 2.07 bits per heavy atom. The Morgan fingerprint density at radius 1 is 1.47 bits per heavy atom. The number of hydrogen-bond acceptors (Lipinski definition) is 3. The van der Waals surface area contributed by atoms with Crippen molar-refractivity contribution in [1.29, 1.82) is 0 Å². The molecule has 1 aliphatic rings. The number of ketones is 1. The molecule has 0 spiro atoms. The molecule has 1 fully saturated rings. The largest absolute Gasteiger partial charge is 0.444 e. The molecular formula is C10H16BrNO3. The van der Waals surface area contributed by atoms with Crippen molar-refractivity contribution in [1.82, 2.24) is 4.90 Å². The fourth-order valence-corrected chi connectivity index (χ4v) is 1.72. The van der Waals surface area contributed by atoms with E-state index in [1.54, 1.807) is 0 Å². The van der Waals surface area contributed by atoms with Crippen LogP contribution in [0.25, 0.3) is 0 Å². The van der Waals surface area contributed by atoms with E-state index >= 15 is 0 Å². The maximum atomic E-state index is 11.6. The minimum absolute atomic E-state index is 0.0344. The SMILES string of the molecule is CC(C)(C)OC(=O)N1CCC1C(=O)CBr. The first-order valence-electron chi connectivity index (χ1n) is 4.93. The second-order valence-electron chi connectivity index (χ2n) is 4.58. The molecule has 86 valence electrons. The summed E-state index contributed by atoms with van der Waals surface area (Å²) in [5.41, 5.74) is -0.505. The summed E-state index contributed by atoms with van der Waals surface area (Å²) in [5, 5.41) is 0.289. The van der Waals surface area contributed by atoms with Gasteiger partial charge in [0.15, 0.2) is 5.78 Å². The highest BCUT2D eigenvalue weighted by Crippen LogP contribution is 2.22. The standard InChI is InChI=1S/C10H16BrNO3/c1-10(2,3)15-9(14)12-5-4-7(12)8(13)6-11/h7H,4-6H2,1-3H3. The molecule has 0 N–H and O–H groups in total. The molecule has 15 heavy (non-hydrogen) atoms. The molecule has 0 radical (unpaired) electrons. The van der Waals surface area contributed by atoms with E-state index in [0.717, 1.165) is 6.42 Å². The molecule has 1 aliphatic heterocycles. The van der Waals surface area contributed by atoms with E-state index in [1.807, 2.05) is 20.8 Å². The molecule has 4 nitrogen and oxygen atoms in total. The fraction of sp³-hybridized carbons (Fsp3) is 0.800. The maximum Gasteiger partial charge on any atom is 0.410 e. The van der Waals surface area contributed by atoms with Crippen molar-refractivity contribution in [3.05, 3.63) is 0 Å². The third-order valence-electron chi connectivity index (χ3n) is 2.15. The Balaban J connectivity index is 2.51. The smallest absolute Gasteiger partial charge is 0.410 e. The fourth-order valence-electron chi connectivity index (χ4n) is 1.35. The van der Waals surface area contributed by atoms with Crippen molar-refractivity contribution in [2.75, 3.05) is 11.9 Å². The van der Waals surface area contributed by atoms with Gasteiger partial charge in [-0.2, -0.15) is 0 Å². The van der Waals surface area contributed by atoms with Crippen LogP contribution in [-0.2, 0) is 9.53 Å². The molecule has 1 heterocycles. The van der Waals surface area contributed by atoms with Gasteiger partial charge in [0.25, 0.3) is 0 Å². The molecule has 1 atom stereocenters. The van der Waals surface area contributed by atoms with Crippen LogP contribution < -0.4 is 0 Å². The first-order chi connectivity index (χ1) is 6.85. The van der Waals surface area contributed by atoms with Crippen LogP contribution in [0.1, 0.15) is 27.2 Å². The summed E-state index contributed by atoms with van der Waals surface area (Å²) in [5.74, 6) is 0.0344. The summed E-state index contributed by atoms with van der Waals surface area (Å²) in [7, 11) is 0. The van der Waals surface area contributed by atoms with Crippen LogP contribution in [0.15, 0.2) is 0 Å². The van der Waals surface area contributed by atoms with E-state index in [-0.39, 0.29) is 17.2 Å². The molecule has 5 heteroatoms. The Labute approximate surface area is 98.1 Å². The average Bonchev–Trinajstić information content (AvgIpc) is 1.97. The van der Waals surface area contributed by atoms with Gasteiger partial charge in [0.2, 0.25) is 0 Å². The van der Waals surface area contributed by atoms with Gasteiger partial charge in [-0.3, -0.25) is 9.69 Å². The number of rotatable bonds is 2. The topological polar surface area (TPSA) is 46.6 Å². The number of nitrogens with zero attached hydrogens (tertiary/aromatic N) is 1. The monoisotopic (exact) mass is 277 g/mol. The predicted octanol–water partition coefficient (Wildman–Crippen LogP) is 1.96. The van der Waals surface area contributed by atoms with Crippen molar-refractivity contribution in [2.24, 2.45) is 0 Å². The number of carbonyl (C=O) groups is 2. The van der Waals surface area contributed by atoms with Gasteiger partial charge in [0.05, 0.1) is 11.4 Å². The highest BCUT2D eigenvalue weighted by molar-refractivity contribution is 9.09. The Bertz CT molecular complexity index is 272. The normalized spacial score (nSPS) is 20.8. The molecule has 0 bridgehead atoms. The number of Topliss-reactive ketones (excluding diaryl/α,β-unsaturated/α-hetero) is 1. The highest BCUT2D eigenvalue weighted by atomic mass is 79.9. The summed E-state index contributed by atoms with van der Waals surface area (Å²) in [6.45, 7) is 6.04. The zero-order valence-electron chi connectivity index (χ0n) is 9.25. The van der Waals surface area contributed by atoms with Gasteiger partial charge in [-0.1, -0.05) is 15.9 Å². The maximum absolute atomic E-state index is 11.6. The highest BCUT2D eigenvalue weighted by Gasteiger charge is 2.38. The third kappa shape index (κ3) is 3.19. The van der Waals surface area contributed by atoms with Crippen LogP contribution in [0.2, 0.25) is 0 Å². The third-order valence-corrected chi connectivity index (χ3v) is 2.70. The van der Waals surface area contributed by atoms with Crippen molar-refractivity contribution in [3.63, 3.8) is 0 Å². The van der Waals surface area contributed by atoms with Gasteiger partial charge < -0.3 is 4.74 Å². The van der Waals surface area contributed by atoms with E-state index < -0.39 is 11.7 Å². The van der Waals surface area contributed by atoms with Gasteiger partial charge in [0, 0.05) is 6.54 Å². The Hall–Kier alpha value is -0.580. The predicted molar refractivity (Wildman–Crippen MR) is 60.1 cm³/mol. The number of halogens is 1. The van der Waals surface area contributed by atoms with Crippen LogP contribution in [0.3, 0.4) is 0 Å². The van der Waals surface area contributed by atoms with Crippen molar-refractivity contribution < 1.29 is 14.3 Å². The van der Waals surface area contributed by atoms with Gasteiger partial charge in [0.1, 0.15) is 5.60 Å². The zero-order chi connectivity index (χ0) is 11.6. The number of amides is 1. The van der Waals surface area contributed by atoms with Gasteiger partial charge in [-0.25, -0.2) is 4.79 Å². The second kappa shape index (κ2) is 4.51. The quantitative estimate of drug-likeness (QED) is 0.725.